The van der Waals surface area contributed by atoms with Crippen LogP contribution in [0.1, 0.15) is 5.69 Å². The van der Waals surface area contributed by atoms with Crippen molar-refractivity contribution in [2.24, 2.45) is 0 Å². The highest BCUT2D eigenvalue weighted by atomic mass is 15.4. The van der Waals surface area contributed by atoms with E-state index in [0.29, 0.717) is 17.6 Å². The molecule has 0 aromatic carbocycles. The van der Waals surface area contributed by atoms with E-state index in [0.717, 1.165) is 45.1 Å². The number of nitriles is 1. The van der Waals surface area contributed by atoms with Gasteiger partial charge in [-0.1, -0.05) is 6.07 Å². The SMILES string of the molecule is N#Cc1nccnc1N1CC(N2CCN(c3ccccn3)CC2)C1. The van der Waals surface area contributed by atoms with Crippen molar-refractivity contribution in [2.75, 3.05) is 49.1 Å². The molecule has 0 amide bonds. The monoisotopic (exact) mass is 321 g/mol. The van der Waals surface area contributed by atoms with Gasteiger partial charge in [-0.05, 0) is 12.1 Å². The number of hydrogen-bond acceptors (Lipinski definition) is 7. The second-order valence-electron chi connectivity index (χ2n) is 6.11. The Morgan fingerprint density at radius 2 is 1.71 bits per heavy atom. The average Bonchev–Trinajstić information content (AvgIpc) is 2.62. The number of piperazine rings is 1. The topological polar surface area (TPSA) is 72.2 Å². The van der Waals surface area contributed by atoms with Crippen molar-refractivity contribution in [3.05, 3.63) is 42.5 Å². The molecule has 2 aliphatic rings. The van der Waals surface area contributed by atoms with Gasteiger partial charge in [-0.15, -0.1) is 0 Å². The van der Waals surface area contributed by atoms with Gasteiger partial charge in [0.15, 0.2) is 11.5 Å². The lowest BCUT2D eigenvalue weighted by molar-refractivity contribution is 0.156. The summed E-state index contributed by atoms with van der Waals surface area (Å²) in [5.74, 6) is 1.77. The molecule has 2 aromatic rings. The Morgan fingerprint density at radius 1 is 0.917 bits per heavy atom. The molecule has 0 aliphatic carbocycles. The van der Waals surface area contributed by atoms with Crippen LogP contribution in [0.3, 0.4) is 0 Å². The number of pyridine rings is 1. The number of rotatable bonds is 3. The third-order valence-corrected chi connectivity index (χ3v) is 4.75. The summed E-state index contributed by atoms with van der Waals surface area (Å²) in [6.07, 6.45) is 5.06. The van der Waals surface area contributed by atoms with Gasteiger partial charge in [0.1, 0.15) is 11.9 Å². The average molecular weight is 321 g/mol. The van der Waals surface area contributed by atoms with Crippen LogP contribution in [0.4, 0.5) is 11.6 Å². The first kappa shape index (κ1) is 14.8. The van der Waals surface area contributed by atoms with Crippen LogP contribution in [0.5, 0.6) is 0 Å². The lowest BCUT2D eigenvalue weighted by atomic mass is 10.1. The Bertz CT molecular complexity index is 728. The highest BCUT2D eigenvalue weighted by Crippen LogP contribution is 2.25. The third kappa shape index (κ3) is 2.76. The number of anilines is 2. The van der Waals surface area contributed by atoms with Crippen LogP contribution >= 0.6 is 0 Å². The van der Waals surface area contributed by atoms with Gasteiger partial charge in [0.05, 0.1) is 0 Å². The second kappa shape index (κ2) is 6.42. The Morgan fingerprint density at radius 3 is 2.42 bits per heavy atom. The van der Waals surface area contributed by atoms with Gasteiger partial charge in [-0.25, -0.2) is 15.0 Å². The highest BCUT2D eigenvalue weighted by Gasteiger charge is 2.35. The first-order chi connectivity index (χ1) is 11.8. The van der Waals surface area contributed by atoms with Gasteiger partial charge in [0.2, 0.25) is 0 Å². The van der Waals surface area contributed by atoms with Crippen LogP contribution in [0.25, 0.3) is 0 Å². The van der Waals surface area contributed by atoms with Gasteiger partial charge >= 0.3 is 0 Å². The van der Waals surface area contributed by atoms with Crippen molar-refractivity contribution in [2.45, 2.75) is 6.04 Å². The molecule has 0 bridgehead atoms. The summed E-state index contributed by atoms with van der Waals surface area (Å²) in [5.41, 5.74) is 0.413. The molecular formula is C17H19N7. The maximum absolute atomic E-state index is 9.14. The molecule has 2 aromatic heterocycles. The maximum atomic E-state index is 9.14. The molecule has 2 aliphatic heterocycles. The fraction of sp³-hybridized carbons (Fsp3) is 0.412. The predicted octanol–water partition coefficient (Wildman–Crippen LogP) is 0.754. The fourth-order valence-corrected chi connectivity index (χ4v) is 3.36. The fourth-order valence-electron chi connectivity index (χ4n) is 3.36. The van der Waals surface area contributed by atoms with Gasteiger partial charge in [-0.3, -0.25) is 4.90 Å². The molecule has 0 unspecified atom stereocenters. The van der Waals surface area contributed by atoms with Crippen molar-refractivity contribution in [1.82, 2.24) is 19.9 Å². The Labute approximate surface area is 141 Å². The molecule has 0 atom stereocenters. The van der Waals surface area contributed by atoms with E-state index in [1.54, 1.807) is 12.4 Å². The molecule has 7 heteroatoms. The number of aromatic nitrogens is 3. The second-order valence-corrected chi connectivity index (χ2v) is 6.11. The molecule has 2 saturated heterocycles. The van der Waals surface area contributed by atoms with E-state index >= 15 is 0 Å². The summed E-state index contributed by atoms with van der Waals surface area (Å²) in [4.78, 5) is 19.8. The summed E-state index contributed by atoms with van der Waals surface area (Å²) >= 11 is 0. The van der Waals surface area contributed by atoms with Crippen molar-refractivity contribution in [3.8, 4) is 6.07 Å². The highest BCUT2D eigenvalue weighted by molar-refractivity contribution is 5.52. The largest absolute Gasteiger partial charge is 0.354 e. The molecule has 4 rings (SSSR count). The van der Waals surface area contributed by atoms with E-state index in [-0.39, 0.29) is 0 Å². The third-order valence-electron chi connectivity index (χ3n) is 4.75. The van der Waals surface area contributed by atoms with E-state index < -0.39 is 0 Å². The summed E-state index contributed by atoms with van der Waals surface area (Å²) in [6.45, 7) is 5.92. The van der Waals surface area contributed by atoms with Crippen LogP contribution < -0.4 is 9.80 Å². The molecule has 4 heterocycles. The Hall–Kier alpha value is -2.72. The smallest absolute Gasteiger partial charge is 0.183 e. The number of nitrogens with zero attached hydrogens (tertiary/aromatic N) is 7. The molecule has 24 heavy (non-hydrogen) atoms. The minimum atomic E-state index is 0.413. The van der Waals surface area contributed by atoms with Crippen molar-refractivity contribution in [1.29, 1.82) is 5.26 Å². The zero-order chi connectivity index (χ0) is 16.4. The lowest BCUT2D eigenvalue weighted by Gasteiger charge is -2.48. The van der Waals surface area contributed by atoms with Crippen LogP contribution in [0.2, 0.25) is 0 Å². The molecule has 0 radical (unpaired) electrons. The normalized spacial score (nSPS) is 19.0. The summed E-state index contributed by atoms with van der Waals surface area (Å²) in [5, 5.41) is 9.14. The van der Waals surface area contributed by atoms with E-state index in [9.17, 15) is 0 Å². The molecular weight excluding hydrogens is 302 g/mol. The molecule has 7 nitrogen and oxygen atoms in total. The predicted molar refractivity (Wildman–Crippen MR) is 90.8 cm³/mol. The molecule has 0 saturated carbocycles. The van der Waals surface area contributed by atoms with Crippen LogP contribution in [0, 0.1) is 11.3 Å². The zero-order valence-electron chi connectivity index (χ0n) is 13.4. The van der Waals surface area contributed by atoms with E-state index in [1.807, 2.05) is 18.3 Å². The van der Waals surface area contributed by atoms with E-state index in [2.05, 4.69) is 41.8 Å². The van der Waals surface area contributed by atoms with Crippen LogP contribution in [-0.2, 0) is 0 Å². The van der Waals surface area contributed by atoms with Crippen LogP contribution in [0.15, 0.2) is 36.8 Å². The minimum Gasteiger partial charge on any atom is -0.354 e. The zero-order valence-corrected chi connectivity index (χ0v) is 13.4. The van der Waals surface area contributed by atoms with Gasteiger partial charge in [0, 0.05) is 63.9 Å². The molecule has 0 N–H and O–H groups in total. The first-order valence-corrected chi connectivity index (χ1v) is 8.21. The first-order valence-electron chi connectivity index (χ1n) is 8.21. The van der Waals surface area contributed by atoms with Crippen LogP contribution in [-0.4, -0.2) is 65.2 Å². The van der Waals surface area contributed by atoms with Crippen molar-refractivity contribution >= 4 is 11.6 Å². The molecule has 122 valence electrons. The minimum absolute atomic E-state index is 0.413. The summed E-state index contributed by atoms with van der Waals surface area (Å²) < 4.78 is 0. The lowest BCUT2D eigenvalue weighted by Crippen LogP contribution is -2.63. The van der Waals surface area contributed by atoms with E-state index in [1.165, 1.54) is 0 Å². The van der Waals surface area contributed by atoms with Crippen molar-refractivity contribution < 1.29 is 0 Å². The summed E-state index contributed by atoms with van der Waals surface area (Å²) in [7, 11) is 0. The van der Waals surface area contributed by atoms with E-state index in [4.69, 9.17) is 5.26 Å². The molecule has 0 spiro atoms. The Balaban J connectivity index is 1.32. The van der Waals surface area contributed by atoms with Gasteiger partial charge < -0.3 is 9.80 Å². The van der Waals surface area contributed by atoms with Crippen molar-refractivity contribution in [3.63, 3.8) is 0 Å². The molecule has 2 fully saturated rings. The summed E-state index contributed by atoms with van der Waals surface area (Å²) in [6, 6.07) is 8.70. The van der Waals surface area contributed by atoms with Gasteiger partial charge in [0.25, 0.3) is 0 Å². The van der Waals surface area contributed by atoms with Gasteiger partial charge in [-0.2, -0.15) is 5.26 Å². The maximum Gasteiger partial charge on any atom is 0.183 e. The number of hydrogen-bond donors (Lipinski definition) is 0. The Kier molecular flexibility index (Phi) is 3.97. The standard InChI is InChI=1S/C17H19N7/c18-11-15-17(21-6-5-19-15)24-12-14(13-24)22-7-9-23(10-8-22)16-3-1-2-4-20-16/h1-6,14H,7-10,12-13H2. The quantitative estimate of drug-likeness (QED) is 0.826.